The van der Waals surface area contributed by atoms with Crippen LogP contribution >= 0.6 is 0 Å². The Morgan fingerprint density at radius 3 is 2.55 bits per heavy atom. The Hall–Kier alpha value is -3.54. The third-order valence-electron chi connectivity index (χ3n) is 5.51. The van der Waals surface area contributed by atoms with Crippen molar-refractivity contribution in [3.63, 3.8) is 0 Å². The lowest BCUT2D eigenvalue weighted by Gasteiger charge is -2.20. The molecule has 1 aliphatic heterocycles. The fourth-order valence-electron chi connectivity index (χ4n) is 3.70. The fraction of sp³-hybridized carbons (Fsp3) is 0.280. The first-order valence-corrected chi connectivity index (χ1v) is 10.7. The van der Waals surface area contributed by atoms with Gasteiger partial charge in [-0.2, -0.15) is 0 Å². The summed E-state index contributed by atoms with van der Waals surface area (Å²) in [5.74, 6) is 0.264. The van der Waals surface area contributed by atoms with E-state index in [2.05, 4.69) is 34.3 Å². The van der Waals surface area contributed by atoms with Crippen molar-refractivity contribution < 1.29 is 9.59 Å². The second-order valence-corrected chi connectivity index (χ2v) is 7.70. The fourth-order valence-corrected chi connectivity index (χ4v) is 3.70. The molecule has 0 saturated carbocycles. The second-order valence-electron chi connectivity index (χ2n) is 7.70. The number of amides is 2. The molecule has 6 nitrogen and oxygen atoms in total. The average Bonchev–Trinajstić information content (AvgIpc) is 2.97. The molecule has 1 aromatic heterocycles. The van der Waals surface area contributed by atoms with Crippen LogP contribution in [0.2, 0.25) is 0 Å². The topological polar surface area (TPSA) is 75.2 Å². The molecular formula is C25H26N4O2. The molecule has 4 rings (SSSR count). The lowest BCUT2D eigenvalue weighted by Crippen LogP contribution is -2.40. The van der Waals surface area contributed by atoms with E-state index < -0.39 is 0 Å². The molecule has 0 saturated heterocycles. The standard InChI is InChI=1S/C25H26N4O2/c1-2-18-10-12-19(13-11-18)15-26-23(30)17-29-14-6-9-22-21(25(29)31)16-27-24(28-22)20-7-4-3-5-8-20/h3-5,7-8,10-13,16H,2,6,9,14-15,17H2,1H3,(H,26,30). The van der Waals surface area contributed by atoms with E-state index in [9.17, 15) is 9.59 Å². The Balaban J connectivity index is 1.41. The Morgan fingerprint density at radius 1 is 1.06 bits per heavy atom. The van der Waals surface area contributed by atoms with Gasteiger partial charge < -0.3 is 10.2 Å². The summed E-state index contributed by atoms with van der Waals surface area (Å²) in [6, 6.07) is 17.9. The number of aryl methyl sites for hydroxylation is 2. The van der Waals surface area contributed by atoms with Gasteiger partial charge in [-0.05, 0) is 30.4 Å². The Bertz CT molecular complexity index is 1060. The minimum Gasteiger partial charge on any atom is -0.350 e. The van der Waals surface area contributed by atoms with Crippen LogP contribution in [0.1, 0.15) is 40.5 Å². The molecule has 2 heterocycles. The molecule has 0 radical (unpaired) electrons. The van der Waals surface area contributed by atoms with E-state index >= 15 is 0 Å². The van der Waals surface area contributed by atoms with Gasteiger partial charge in [0.1, 0.15) is 0 Å². The van der Waals surface area contributed by atoms with Crippen LogP contribution in [-0.2, 0) is 24.2 Å². The highest BCUT2D eigenvalue weighted by Gasteiger charge is 2.25. The first kappa shape index (κ1) is 20.7. The number of carbonyl (C=O) groups excluding carboxylic acids is 2. The molecule has 0 spiro atoms. The number of carbonyl (C=O) groups is 2. The Morgan fingerprint density at radius 2 is 1.81 bits per heavy atom. The van der Waals surface area contributed by atoms with Gasteiger partial charge in [0.15, 0.2) is 5.82 Å². The third-order valence-corrected chi connectivity index (χ3v) is 5.51. The first-order valence-electron chi connectivity index (χ1n) is 10.7. The number of aromatic nitrogens is 2. The molecule has 6 heteroatoms. The van der Waals surface area contributed by atoms with Crippen molar-refractivity contribution in [3.8, 4) is 11.4 Å². The lowest BCUT2D eigenvalue weighted by molar-refractivity contribution is -0.122. The molecule has 2 aromatic carbocycles. The Labute approximate surface area is 182 Å². The molecule has 0 fully saturated rings. The van der Waals surface area contributed by atoms with Gasteiger partial charge in [-0.25, -0.2) is 9.97 Å². The predicted molar refractivity (Wildman–Crippen MR) is 119 cm³/mol. The molecule has 1 aliphatic rings. The summed E-state index contributed by atoms with van der Waals surface area (Å²) in [4.78, 5) is 36.1. The predicted octanol–water partition coefficient (Wildman–Crippen LogP) is 3.41. The van der Waals surface area contributed by atoms with Gasteiger partial charge in [0, 0.05) is 24.8 Å². The van der Waals surface area contributed by atoms with E-state index in [0.717, 1.165) is 29.7 Å². The normalized spacial score (nSPS) is 13.5. The van der Waals surface area contributed by atoms with Gasteiger partial charge in [0.25, 0.3) is 5.91 Å². The first-order chi connectivity index (χ1) is 15.1. The zero-order valence-corrected chi connectivity index (χ0v) is 17.7. The summed E-state index contributed by atoms with van der Waals surface area (Å²) in [5, 5.41) is 2.92. The highest BCUT2D eigenvalue weighted by Crippen LogP contribution is 2.20. The van der Waals surface area contributed by atoms with Gasteiger partial charge in [0.05, 0.1) is 17.8 Å². The van der Waals surface area contributed by atoms with Crippen molar-refractivity contribution >= 4 is 11.8 Å². The molecule has 0 aliphatic carbocycles. The molecular weight excluding hydrogens is 388 g/mol. The molecule has 31 heavy (non-hydrogen) atoms. The van der Waals surface area contributed by atoms with E-state index in [1.165, 1.54) is 5.56 Å². The van der Waals surface area contributed by atoms with Crippen molar-refractivity contribution in [2.24, 2.45) is 0 Å². The summed E-state index contributed by atoms with van der Waals surface area (Å²) in [5.41, 5.74) is 4.46. The van der Waals surface area contributed by atoms with Crippen molar-refractivity contribution in [1.82, 2.24) is 20.2 Å². The summed E-state index contributed by atoms with van der Waals surface area (Å²) in [6.45, 7) is 3.12. The number of hydrogen-bond acceptors (Lipinski definition) is 4. The molecule has 158 valence electrons. The van der Waals surface area contributed by atoms with Crippen LogP contribution in [0.3, 0.4) is 0 Å². The van der Waals surface area contributed by atoms with E-state index in [0.29, 0.717) is 30.9 Å². The number of fused-ring (bicyclic) bond motifs is 1. The van der Waals surface area contributed by atoms with E-state index in [4.69, 9.17) is 0 Å². The van der Waals surface area contributed by atoms with Crippen LogP contribution in [0.25, 0.3) is 11.4 Å². The highest BCUT2D eigenvalue weighted by molar-refractivity contribution is 5.97. The van der Waals surface area contributed by atoms with Crippen LogP contribution in [0.5, 0.6) is 0 Å². The third kappa shape index (κ3) is 4.97. The number of hydrogen-bond donors (Lipinski definition) is 1. The van der Waals surface area contributed by atoms with Crippen molar-refractivity contribution in [2.75, 3.05) is 13.1 Å². The van der Waals surface area contributed by atoms with Gasteiger partial charge in [-0.1, -0.05) is 61.5 Å². The summed E-state index contributed by atoms with van der Waals surface area (Å²) >= 11 is 0. The quantitative estimate of drug-likeness (QED) is 0.671. The van der Waals surface area contributed by atoms with Crippen molar-refractivity contribution in [2.45, 2.75) is 32.7 Å². The number of nitrogens with one attached hydrogen (secondary N) is 1. The smallest absolute Gasteiger partial charge is 0.257 e. The van der Waals surface area contributed by atoms with Gasteiger partial charge in [-0.3, -0.25) is 9.59 Å². The summed E-state index contributed by atoms with van der Waals surface area (Å²) < 4.78 is 0. The molecule has 1 N–H and O–H groups in total. The van der Waals surface area contributed by atoms with Crippen molar-refractivity contribution in [3.05, 3.63) is 83.2 Å². The number of rotatable bonds is 6. The maximum absolute atomic E-state index is 13.0. The summed E-state index contributed by atoms with van der Waals surface area (Å²) in [6.07, 6.45) is 4.03. The Kier molecular flexibility index (Phi) is 6.36. The van der Waals surface area contributed by atoms with E-state index in [-0.39, 0.29) is 18.4 Å². The van der Waals surface area contributed by atoms with Gasteiger partial charge in [0.2, 0.25) is 5.91 Å². The maximum atomic E-state index is 13.0. The molecule has 3 aromatic rings. The minimum absolute atomic E-state index is 0.0335. The monoisotopic (exact) mass is 414 g/mol. The number of benzene rings is 2. The summed E-state index contributed by atoms with van der Waals surface area (Å²) in [7, 11) is 0. The van der Waals surface area contributed by atoms with Crippen molar-refractivity contribution in [1.29, 1.82) is 0 Å². The zero-order chi connectivity index (χ0) is 21.6. The average molecular weight is 415 g/mol. The second kappa shape index (κ2) is 9.51. The number of nitrogens with zero attached hydrogens (tertiary/aromatic N) is 3. The minimum atomic E-state index is -0.186. The highest BCUT2D eigenvalue weighted by atomic mass is 16.2. The van der Waals surface area contributed by atoms with Crippen LogP contribution in [0.4, 0.5) is 0 Å². The SMILES string of the molecule is CCc1ccc(CNC(=O)CN2CCCc3nc(-c4ccccc4)ncc3C2=O)cc1. The van der Waals surface area contributed by atoms with Gasteiger partial charge in [-0.15, -0.1) is 0 Å². The van der Waals surface area contributed by atoms with Crippen LogP contribution in [0.15, 0.2) is 60.8 Å². The van der Waals surface area contributed by atoms with E-state index in [1.54, 1.807) is 11.1 Å². The molecule has 0 unspecified atom stereocenters. The molecule has 0 atom stereocenters. The van der Waals surface area contributed by atoms with Crippen LogP contribution < -0.4 is 5.32 Å². The van der Waals surface area contributed by atoms with Crippen LogP contribution in [-0.4, -0.2) is 39.8 Å². The molecule has 2 amide bonds. The lowest BCUT2D eigenvalue weighted by atomic mass is 10.1. The largest absolute Gasteiger partial charge is 0.350 e. The zero-order valence-electron chi connectivity index (χ0n) is 17.7. The van der Waals surface area contributed by atoms with Gasteiger partial charge >= 0.3 is 0 Å². The van der Waals surface area contributed by atoms with Crippen LogP contribution in [0, 0.1) is 0 Å². The van der Waals surface area contributed by atoms with E-state index in [1.807, 2.05) is 42.5 Å². The maximum Gasteiger partial charge on any atom is 0.257 e. The molecule has 0 bridgehead atoms.